The summed E-state index contributed by atoms with van der Waals surface area (Å²) < 4.78 is 5.45. The molecular formula is C26H31N3O4. The van der Waals surface area contributed by atoms with E-state index in [1.54, 1.807) is 13.2 Å². The van der Waals surface area contributed by atoms with Crippen LogP contribution < -0.4 is 26.2 Å². The van der Waals surface area contributed by atoms with Gasteiger partial charge in [-0.05, 0) is 80.7 Å². The summed E-state index contributed by atoms with van der Waals surface area (Å²) in [5.41, 5.74) is 3.98. The minimum atomic E-state index is -0.480. The summed E-state index contributed by atoms with van der Waals surface area (Å²) in [6.07, 6.45) is 2.22. The van der Waals surface area contributed by atoms with Crippen LogP contribution in [0.5, 0.6) is 11.5 Å². The third-order valence-corrected chi connectivity index (χ3v) is 6.82. The van der Waals surface area contributed by atoms with Crippen LogP contribution in [0.4, 0.5) is 11.4 Å². The van der Waals surface area contributed by atoms with Crippen molar-refractivity contribution in [2.24, 2.45) is 0 Å². The van der Waals surface area contributed by atoms with Crippen molar-refractivity contribution in [1.82, 2.24) is 4.90 Å². The number of hydrogen-bond donors (Lipinski definition) is 3. The molecule has 174 valence electrons. The van der Waals surface area contributed by atoms with Crippen LogP contribution in [0.25, 0.3) is 0 Å². The Bertz CT molecular complexity index is 1240. The van der Waals surface area contributed by atoms with Gasteiger partial charge in [0, 0.05) is 18.6 Å². The molecule has 0 saturated heterocycles. The lowest BCUT2D eigenvalue weighted by Gasteiger charge is -2.37. The van der Waals surface area contributed by atoms with Crippen molar-refractivity contribution >= 4 is 11.4 Å². The maximum atomic E-state index is 12.3. The minimum absolute atomic E-state index is 0.248. The van der Waals surface area contributed by atoms with E-state index in [2.05, 4.69) is 15.5 Å². The number of phenols is 1. The van der Waals surface area contributed by atoms with Gasteiger partial charge in [0.25, 0.3) is 10.9 Å². The number of fused-ring (bicyclic) bond motifs is 1. The van der Waals surface area contributed by atoms with Gasteiger partial charge in [-0.3, -0.25) is 9.59 Å². The fourth-order valence-corrected chi connectivity index (χ4v) is 4.68. The Balaban J connectivity index is 1.43. The number of likely N-dealkylation sites (N-methyl/N-ethyl adjacent to an activating group) is 1. The second kappa shape index (κ2) is 8.90. The highest BCUT2D eigenvalue weighted by molar-refractivity contribution is 5.74. The van der Waals surface area contributed by atoms with Crippen molar-refractivity contribution in [3.05, 3.63) is 79.1 Å². The van der Waals surface area contributed by atoms with Crippen molar-refractivity contribution in [2.75, 3.05) is 44.9 Å². The van der Waals surface area contributed by atoms with Gasteiger partial charge in [-0.25, -0.2) is 0 Å². The van der Waals surface area contributed by atoms with Crippen LogP contribution in [-0.2, 0) is 19.3 Å². The van der Waals surface area contributed by atoms with Crippen LogP contribution in [0.15, 0.2) is 46.0 Å². The van der Waals surface area contributed by atoms with Gasteiger partial charge >= 0.3 is 0 Å². The molecule has 3 aromatic carbocycles. The zero-order chi connectivity index (χ0) is 23.8. The van der Waals surface area contributed by atoms with E-state index < -0.39 is 10.9 Å². The summed E-state index contributed by atoms with van der Waals surface area (Å²) in [5, 5.41) is 16.3. The van der Waals surface area contributed by atoms with Crippen molar-refractivity contribution in [1.29, 1.82) is 0 Å². The van der Waals surface area contributed by atoms with Gasteiger partial charge in [-0.1, -0.05) is 18.2 Å². The van der Waals surface area contributed by atoms with Crippen LogP contribution in [0.1, 0.15) is 22.3 Å². The predicted molar refractivity (Wildman–Crippen MR) is 132 cm³/mol. The van der Waals surface area contributed by atoms with Crippen molar-refractivity contribution in [3.63, 3.8) is 0 Å². The van der Waals surface area contributed by atoms with Crippen LogP contribution in [0.3, 0.4) is 0 Å². The number of aromatic hydroxyl groups is 1. The topological polar surface area (TPSA) is 90.9 Å². The Hall–Kier alpha value is -3.32. The average molecular weight is 450 g/mol. The third kappa shape index (κ3) is 4.33. The predicted octanol–water partition coefficient (Wildman–Crippen LogP) is 2.47. The Morgan fingerprint density at radius 2 is 1.70 bits per heavy atom. The molecule has 0 bridgehead atoms. The van der Waals surface area contributed by atoms with E-state index in [0.717, 1.165) is 35.3 Å². The number of nitrogens with one attached hydrogen (secondary N) is 2. The number of anilines is 2. The van der Waals surface area contributed by atoms with E-state index >= 15 is 0 Å². The zero-order valence-electron chi connectivity index (χ0n) is 19.6. The molecule has 0 radical (unpaired) electrons. The van der Waals surface area contributed by atoms with E-state index in [0.29, 0.717) is 30.9 Å². The molecule has 3 aromatic rings. The van der Waals surface area contributed by atoms with Gasteiger partial charge < -0.3 is 25.4 Å². The number of rotatable bonds is 9. The van der Waals surface area contributed by atoms with Crippen molar-refractivity contribution in [3.8, 4) is 11.5 Å². The fourth-order valence-electron chi connectivity index (χ4n) is 4.68. The Morgan fingerprint density at radius 1 is 1.00 bits per heavy atom. The molecule has 0 aromatic heterocycles. The van der Waals surface area contributed by atoms with E-state index in [1.807, 2.05) is 51.4 Å². The van der Waals surface area contributed by atoms with Gasteiger partial charge in [0.15, 0.2) is 0 Å². The molecule has 0 saturated carbocycles. The first-order valence-corrected chi connectivity index (χ1v) is 11.2. The largest absolute Gasteiger partial charge is 0.508 e. The third-order valence-electron chi connectivity index (χ3n) is 6.82. The molecule has 7 heteroatoms. The van der Waals surface area contributed by atoms with E-state index in [9.17, 15) is 14.7 Å². The highest BCUT2D eigenvalue weighted by atomic mass is 16.5. The molecule has 0 spiro atoms. The number of nitrogens with zero attached hydrogens (tertiary/aromatic N) is 1. The summed E-state index contributed by atoms with van der Waals surface area (Å²) in [6, 6.07) is 11.5. The van der Waals surface area contributed by atoms with E-state index in [1.165, 1.54) is 5.56 Å². The van der Waals surface area contributed by atoms with Crippen LogP contribution in [0.2, 0.25) is 0 Å². The summed E-state index contributed by atoms with van der Waals surface area (Å²) in [6.45, 7) is 3.04. The highest BCUT2D eigenvalue weighted by Crippen LogP contribution is 2.35. The second-order valence-electron chi connectivity index (χ2n) is 9.18. The molecule has 0 aliphatic heterocycles. The van der Waals surface area contributed by atoms with Gasteiger partial charge in [0.05, 0.1) is 7.11 Å². The lowest BCUT2D eigenvalue weighted by molar-refractivity contribution is 0.176. The Labute approximate surface area is 193 Å². The van der Waals surface area contributed by atoms with Crippen LogP contribution >= 0.6 is 0 Å². The number of benzene rings is 2. The average Bonchev–Trinajstić information content (AvgIpc) is 3.17. The lowest BCUT2D eigenvalue weighted by atomic mass is 9.93. The van der Waals surface area contributed by atoms with Crippen LogP contribution in [0, 0.1) is 6.92 Å². The minimum Gasteiger partial charge on any atom is -0.508 e. The smallest absolute Gasteiger partial charge is 0.253 e. The lowest BCUT2D eigenvalue weighted by Crippen LogP contribution is -2.52. The molecule has 1 unspecified atom stereocenters. The summed E-state index contributed by atoms with van der Waals surface area (Å²) >= 11 is 0. The van der Waals surface area contributed by atoms with Gasteiger partial charge in [0.1, 0.15) is 22.9 Å². The van der Waals surface area contributed by atoms with E-state index in [-0.39, 0.29) is 11.3 Å². The number of methoxy groups -OCH3 is 1. The first kappa shape index (κ1) is 22.9. The molecule has 4 rings (SSSR count). The molecule has 33 heavy (non-hydrogen) atoms. The zero-order valence-corrected chi connectivity index (χ0v) is 19.6. The Kier molecular flexibility index (Phi) is 6.17. The SMILES string of the molecule is COc1cc(C)ccc1CCNc1c(NCC2(N(C)C)Cc3ccc(O)cc3C2)c(=O)c1=O. The standard InChI is InChI=1S/C26H31N3O4/c1-16-5-6-17(21(11-16)33-4)9-10-27-22-23(25(32)24(22)31)28-15-26(29(2)3)13-18-7-8-20(30)12-19(18)14-26/h5-8,11-12,27-28,30H,9-10,13-15H2,1-4H3. The summed E-state index contributed by atoms with van der Waals surface area (Å²) in [7, 11) is 5.68. The van der Waals surface area contributed by atoms with Gasteiger partial charge in [-0.15, -0.1) is 0 Å². The molecule has 3 N–H and O–H groups in total. The van der Waals surface area contributed by atoms with Crippen LogP contribution in [-0.4, -0.2) is 49.8 Å². The second-order valence-corrected chi connectivity index (χ2v) is 9.18. The normalized spacial score (nSPS) is 17.4. The molecule has 1 aliphatic rings. The summed E-state index contributed by atoms with van der Waals surface area (Å²) in [4.78, 5) is 26.7. The summed E-state index contributed by atoms with van der Waals surface area (Å²) in [5.74, 6) is 1.08. The number of hydrogen-bond acceptors (Lipinski definition) is 7. The molecule has 7 nitrogen and oxygen atoms in total. The fraction of sp³-hybridized carbons (Fsp3) is 0.385. The molecule has 0 fully saturated rings. The van der Waals surface area contributed by atoms with Gasteiger partial charge in [0.2, 0.25) is 0 Å². The quantitative estimate of drug-likeness (QED) is 0.432. The first-order valence-electron chi connectivity index (χ1n) is 11.2. The Morgan fingerprint density at radius 3 is 2.39 bits per heavy atom. The molecule has 1 aliphatic carbocycles. The van der Waals surface area contributed by atoms with Crippen molar-refractivity contribution < 1.29 is 9.84 Å². The van der Waals surface area contributed by atoms with Gasteiger partial charge in [-0.2, -0.15) is 0 Å². The number of phenolic OH excluding ortho intramolecular Hbond substituents is 1. The molecule has 0 amide bonds. The maximum absolute atomic E-state index is 12.3. The first-order chi connectivity index (χ1) is 15.7. The van der Waals surface area contributed by atoms with Crippen molar-refractivity contribution in [2.45, 2.75) is 31.7 Å². The molecule has 0 heterocycles. The number of ether oxygens (including phenoxy) is 1. The maximum Gasteiger partial charge on any atom is 0.253 e. The highest BCUT2D eigenvalue weighted by Gasteiger charge is 2.40. The number of aryl methyl sites for hydroxylation is 1. The molecular weight excluding hydrogens is 418 g/mol. The monoisotopic (exact) mass is 449 g/mol. The van der Waals surface area contributed by atoms with E-state index in [4.69, 9.17) is 4.74 Å². The molecule has 1 atom stereocenters.